The van der Waals surface area contributed by atoms with Crippen LogP contribution in [-0.4, -0.2) is 61.6 Å². The predicted molar refractivity (Wildman–Crippen MR) is 135 cm³/mol. The standard InChI is InChI=1S/C24H22ClF4N5O3S/c1-11-7-32(8-12(2)34(11)23(36)37)21-14-5-16(24(27,28)29)18(25)20-19(14)33(22(35)31-21)9-13(10-38-20)15-6-30-4-3-17(15)26/h3-6,11-13H,7-10H2,1-2H3,(H,36,37)/t11-,12+,13-/m0/s1. The average Bonchev–Trinajstić information content (AvgIpc) is 3.03. The van der Waals surface area contributed by atoms with Gasteiger partial charge < -0.3 is 10.0 Å². The van der Waals surface area contributed by atoms with E-state index >= 15 is 0 Å². The lowest BCUT2D eigenvalue weighted by Crippen LogP contribution is -2.58. The van der Waals surface area contributed by atoms with Crippen molar-refractivity contribution >= 4 is 46.2 Å². The largest absolute Gasteiger partial charge is 0.465 e. The van der Waals surface area contributed by atoms with Crippen molar-refractivity contribution in [2.75, 3.05) is 23.7 Å². The minimum atomic E-state index is -4.79. The number of pyridine rings is 1. The van der Waals surface area contributed by atoms with Gasteiger partial charge in [-0.1, -0.05) is 11.6 Å². The van der Waals surface area contributed by atoms with Crippen molar-refractivity contribution in [3.63, 3.8) is 0 Å². The fourth-order valence-corrected chi connectivity index (χ4v) is 6.99. The van der Waals surface area contributed by atoms with Crippen LogP contribution in [0.15, 0.2) is 34.2 Å². The van der Waals surface area contributed by atoms with Crippen LogP contribution in [0.1, 0.15) is 30.9 Å². The van der Waals surface area contributed by atoms with Gasteiger partial charge in [0.1, 0.15) is 11.6 Å². The Morgan fingerprint density at radius 1 is 1.21 bits per heavy atom. The third-order valence-corrected chi connectivity index (χ3v) is 8.71. The van der Waals surface area contributed by atoms with Crippen molar-refractivity contribution in [2.45, 2.75) is 49.5 Å². The average molecular weight is 572 g/mol. The maximum atomic E-state index is 14.6. The van der Waals surface area contributed by atoms with Gasteiger partial charge in [-0.3, -0.25) is 14.5 Å². The summed E-state index contributed by atoms with van der Waals surface area (Å²) in [6.07, 6.45) is -3.27. The lowest BCUT2D eigenvalue weighted by Gasteiger charge is -2.43. The molecule has 0 aliphatic carbocycles. The van der Waals surface area contributed by atoms with Gasteiger partial charge >= 0.3 is 18.0 Å². The maximum absolute atomic E-state index is 14.6. The van der Waals surface area contributed by atoms with E-state index in [1.807, 2.05) is 0 Å². The Kier molecular flexibility index (Phi) is 6.70. The summed E-state index contributed by atoms with van der Waals surface area (Å²) in [5.41, 5.74) is -1.37. The molecule has 0 spiro atoms. The van der Waals surface area contributed by atoms with E-state index in [1.165, 1.54) is 27.9 Å². The Morgan fingerprint density at radius 2 is 1.89 bits per heavy atom. The Hall–Kier alpha value is -3.06. The Labute approximate surface area is 223 Å². The number of carbonyl (C=O) groups is 1. The number of carboxylic acid groups (broad SMARTS) is 1. The highest BCUT2D eigenvalue weighted by molar-refractivity contribution is 7.99. The zero-order valence-corrected chi connectivity index (χ0v) is 21.7. The number of anilines is 1. The molecule has 1 amide bonds. The topological polar surface area (TPSA) is 91.6 Å². The van der Waals surface area contributed by atoms with Gasteiger partial charge in [0.05, 0.1) is 33.1 Å². The Balaban J connectivity index is 1.73. The zero-order valence-electron chi connectivity index (χ0n) is 20.2. The summed E-state index contributed by atoms with van der Waals surface area (Å²) in [5, 5.41) is 9.09. The molecule has 3 atom stereocenters. The number of nitrogens with zero attached hydrogens (tertiary/aromatic N) is 5. The van der Waals surface area contributed by atoms with Gasteiger partial charge in [-0.05, 0) is 26.0 Å². The molecule has 0 saturated carbocycles. The molecule has 3 aromatic rings. The van der Waals surface area contributed by atoms with E-state index < -0.39 is 52.4 Å². The molecule has 2 aliphatic heterocycles. The van der Waals surface area contributed by atoms with Crippen LogP contribution in [0.25, 0.3) is 10.9 Å². The number of halogens is 5. The van der Waals surface area contributed by atoms with Gasteiger partial charge in [-0.2, -0.15) is 18.2 Å². The van der Waals surface area contributed by atoms with Gasteiger partial charge in [0.2, 0.25) is 0 Å². The van der Waals surface area contributed by atoms with E-state index in [9.17, 15) is 32.3 Å². The number of amides is 1. The molecule has 0 bridgehead atoms. The van der Waals surface area contributed by atoms with Crippen molar-refractivity contribution < 1.29 is 27.5 Å². The lowest BCUT2D eigenvalue weighted by molar-refractivity contribution is -0.137. The van der Waals surface area contributed by atoms with Crippen LogP contribution < -0.4 is 10.6 Å². The first-order valence-corrected chi connectivity index (χ1v) is 13.1. The first kappa shape index (κ1) is 26.5. The van der Waals surface area contributed by atoms with Gasteiger partial charge in [0.25, 0.3) is 0 Å². The first-order valence-electron chi connectivity index (χ1n) is 11.7. The summed E-state index contributed by atoms with van der Waals surface area (Å²) in [7, 11) is 0. The highest BCUT2D eigenvalue weighted by Gasteiger charge is 2.39. The summed E-state index contributed by atoms with van der Waals surface area (Å²) < 4.78 is 58.2. The van der Waals surface area contributed by atoms with Crippen molar-refractivity contribution in [3.8, 4) is 0 Å². The van der Waals surface area contributed by atoms with Gasteiger partial charge in [-0.25, -0.2) is 14.0 Å². The molecule has 14 heteroatoms. The normalized spacial score (nSPS) is 22.0. The van der Waals surface area contributed by atoms with Crippen LogP contribution in [-0.2, 0) is 12.7 Å². The minimum absolute atomic E-state index is 0.0278. The van der Waals surface area contributed by atoms with E-state index in [2.05, 4.69) is 9.97 Å². The van der Waals surface area contributed by atoms with Crippen LogP contribution in [0, 0.1) is 5.82 Å². The molecule has 38 heavy (non-hydrogen) atoms. The fourth-order valence-electron chi connectivity index (χ4n) is 5.33. The third kappa shape index (κ3) is 4.45. The molecule has 202 valence electrons. The van der Waals surface area contributed by atoms with Crippen molar-refractivity contribution in [3.05, 3.63) is 57.0 Å². The van der Waals surface area contributed by atoms with Crippen molar-refractivity contribution in [2.24, 2.45) is 0 Å². The lowest BCUT2D eigenvalue weighted by atomic mass is 10.0. The monoisotopic (exact) mass is 571 g/mol. The smallest absolute Gasteiger partial charge is 0.417 e. The molecule has 1 N–H and O–H groups in total. The summed E-state index contributed by atoms with van der Waals surface area (Å²) >= 11 is 7.34. The number of aromatic nitrogens is 3. The highest BCUT2D eigenvalue weighted by atomic mass is 35.5. The fraction of sp³-hybridized carbons (Fsp3) is 0.417. The van der Waals surface area contributed by atoms with Crippen molar-refractivity contribution in [1.82, 2.24) is 19.4 Å². The van der Waals surface area contributed by atoms with E-state index in [1.54, 1.807) is 18.7 Å². The number of benzene rings is 1. The summed E-state index contributed by atoms with van der Waals surface area (Å²) in [6.45, 7) is 3.57. The number of piperazine rings is 1. The van der Waals surface area contributed by atoms with Crippen LogP contribution in [0.5, 0.6) is 0 Å². The van der Waals surface area contributed by atoms with Gasteiger partial charge in [0.15, 0.2) is 0 Å². The molecule has 8 nitrogen and oxygen atoms in total. The quantitative estimate of drug-likeness (QED) is 0.430. The first-order chi connectivity index (χ1) is 17.9. The molecule has 0 unspecified atom stereocenters. The molecule has 1 fully saturated rings. The van der Waals surface area contributed by atoms with E-state index in [-0.39, 0.29) is 52.6 Å². The molecule has 4 heterocycles. The molecule has 1 saturated heterocycles. The van der Waals surface area contributed by atoms with Gasteiger partial charge in [0, 0.05) is 54.6 Å². The number of thioether (sulfide) groups is 1. The molecular weight excluding hydrogens is 550 g/mol. The van der Waals surface area contributed by atoms with E-state index in [0.29, 0.717) is 0 Å². The van der Waals surface area contributed by atoms with E-state index in [0.717, 1.165) is 17.8 Å². The molecule has 0 radical (unpaired) electrons. The summed E-state index contributed by atoms with van der Waals surface area (Å²) in [4.78, 5) is 36.2. The van der Waals surface area contributed by atoms with Crippen LogP contribution in [0.3, 0.4) is 0 Å². The van der Waals surface area contributed by atoms with Crippen molar-refractivity contribution in [1.29, 1.82) is 0 Å². The number of rotatable bonds is 2. The second-order valence-corrected chi connectivity index (χ2v) is 10.9. The van der Waals surface area contributed by atoms with Crippen LogP contribution in [0.4, 0.5) is 28.2 Å². The maximum Gasteiger partial charge on any atom is 0.417 e. The van der Waals surface area contributed by atoms with Crippen LogP contribution >= 0.6 is 23.4 Å². The summed E-state index contributed by atoms with van der Waals surface area (Å²) in [5.74, 6) is -0.938. The molecule has 2 aromatic heterocycles. The number of hydrogen-bond acceptors (Lipinski definition) is 6. The van der Waals surface area contributed by atoms with E-state index in [4.69, 9.17) is 11.6 Å². The molecule has 1 aromatic carbocycles. The molecule has 2 aliphatic rings. The Bertz CT molecular complexity index is 1490. The second-order valence-electron chi connectivity index (χ2n) is 9.49. The Morgan fingerprint density at radius 3 is 2.50 bits per heavy atom. The minimum Gasteiger partial charge on any atom is -0.465 e. The summed E-state index contributed by atoms with van der Waals surface area (Å²) in [6, 6.07) is 1.06. The third-order valence-electron chi connectivity index (χ3n) is 6.95. The molecular formula is C24H22ClF4N5O3S. The SMILES string of the molecule is C[C@@H]1CN(c2nc(=O)n3c4c(c(Cl)c(C(F)(F)F)cc24)SC[C@@H](c2cnccc2F)C3)C[C@H](C)N1C(=O)O. The number of alkyl halides is 3. The number of hydrogen-bond donors (Lipinski definition) is 1. The highest BCUT2D eigenvalue weighted by Crippen LogP contribution is 2.47. The van der Waals surface area contributed by atoms with Crippen LogP contribution in [0.2, 0.25) is 5.02 Å². The van der Waals surface area contributed by atoms with Gasteiger partial charge in [-0.15, -0.1) is 11.8 Å². The second kappa shape index (κ2) is 9.60. The predicted octanol–water partition coefficient (Wildman–Crippen LogP) is 5.07. The molecule has 5 rings (SSSR count). The zero-order chi connectivity index (χ0) is 27.5.